The minimum atomic E-state index is 0.865. The van der Waals surface area contributed by atoms with Gasteiger partial charge in [-0.15, -0.1) is 0 Å². The minimum absolute atomic E-state index is 0.865. The second-order valence-corrected chi connectivity index (χ2v) is 6.18. The molecule has 1 aromatic carbocycles. The van der Waals surface area contributed by atoms with E-state index in [9.17, 15) is 0 Å². The van der Waals surface area contributed by atoms with E-state index >= 15 is 0 Å². The number of anilines is 1. The smallest absolute Gasteiger partial charge is 0.135 e. The lowest BCUT2D eigenvalue weighted by Gasteiger charge is -2.36. The molecule has 1 fully saturated rings. The van der Waals surface area contributed by atoms with Gasteiger partial charge in [0, 0.05) is 44.5 Å². The third-order valence-corrected chi connectivity index (χ3v) is 4.57. The molecule has 23 heavy (non-hydrogen) atoms. The van der Waals surface area contributed by atoms with Crippen LogP contribution in [0.15, 0.2) is 36.5 Å². The van der Waals surface area contributed by atoms with Crippen LogP contribution >= 0.6 is 0 Å². The maximum Gasteiger partial charge on any atom is 0.135 e. The number of nitrogens with zero attached hydrogens (tertiary/aromatic N) is 4. The van der Waals surface area contributed by atoms with Crippen LogP contribution < -0.4 is 4.90 Å². The summed E-state index contributed by atoms with van der Waals surface area (Å²) in [5.74, 6) is 2.01. The average molecular weight is 310 g/mol. The van der Waals surface area contributed by atoms with Crippen molar-refractivity contribution in [1.29, 1.82) is 0 Å². The van der Waals surface area contributed by atoms with Crippen LogP contribution in [0.2, 0.25) is 0 Å². The minimum Gasteiger partial charge on any atom is -0.354 e. The second kappa shape index (κ2) is 7.55. The molecule has 0 spiro atoms. The zero-order chi connectivity index (χ0) is 16.1. The van der Waals surface area contributed by atoms with Crippen molar-refractivity contribution < 1.29 is 0 Å². The van der Waals surface area contributed by atoms with E-state index in [4.69, 9.17) is 0 Å². The van der Waals surface area contributed by atoms with E-state index < -0.39 is 0 Å². The Bertz CT molecular complexity index is 619. The summed E-state index contributed by atoms with van der Waals surface area (Å²) in [6.45, 7) is 9.61. The van der Waals surface area contributed by atoms with Crippen LogP contribution in [0.5, 0.6) is 0 Å². The summed E-state index contributed by atoms with van der Waals surface area (Å²) >= 11 is 0. The monoisotopic (exact) mass is 310 g/mol. The summed E-state index contributed by atoms with van der Waals surface area (Å²) in [4.78, 5) is 14.0. The van der Waals surface area contributed by atoms with Gasteiger partial charge in [0.2, 0.25) is 0 Å². The van der Waals surface area contributed by atoms with Crippen LogP contribution in [0.1, 0.15) is 23.9 Å². The summed E-state index contributed by atoms with van der Waals surface area (Å²) in [5, 5.41) is 0. The van der Waals surface area contributed by atoms with Gasteiger partial charge in [0.05, 0.1) is 0 Å². The van der Waals surface area contributed by atoms with Crippen LogP contribution in [0.25, 0.3) is 0 Å². The standard InChI is InChI=1S/C19H26N4/c1-3-18-15-20-16(2)21-19(18)23-13-11-22(12-14-23)10-9-17-7-5-4-6-8-17/h4-8,15H,3,9-14H2,1-2H3. The van der Waals surface area contributed by atoms with Crippen LogP contribution in [-0.2, 0) is 12.8 Å². The van der Waals surface area contributed by atoms with Crippen LogP contribution in [-0.4, -0.2) is 47.6 Å². The molecule has 0 bridgehead atoms. The van der Waals surface area contributed by atoms with Crippen LogP contribution in [0.3, 0.4) is 0 Å². The predicted octanol–water partition coefficient (Wildman–Crippen LogP) is 2.71. The molecule has 1 saturated heterocycles. The molecule has 3 rings (SSSR count). The highest BCUT2D eigenvalue weighted by atomic mass is 15.3. The third kappa shape index (κ3) is 4.08. The topological polar surface area (TPSA) is 32.3 Å². The van der Waals surface area contributed by atoms with Crippen molar-refractivity contribution in [3.8, 4) is 0 Å². The fraction of sp³-hybridized carbons (Fsp3) is 0.474. The largest absolute Gasteiger partial charge is 0.354 e. The molecule has 1 aromatic heterocycles. The zero-order valence-corrected chi connectivity index (χ0v) is 14.2. The maximum atomic E-state index is 4.68. The van der Waals surface area contributed by atoms with Gasteiger partial charge in [0.15, 0.2) is 0 Å². The molecular formula is C19H26N4. The average Bonchev–Trinajstić information content (AvgIpc) is 2.61. The van der Waals surface area contributed by atoms with E-state index in [1.807, 2.05) is 13.1 Å². The van der Waals surface area contributed by atoms with Gasteiger partial charge in [0.1, 0.15) is 11.6 Å². The fourth-order valence-corrected chi connectivity index (χ4v) is 3.12. The Hall–Kier alpha value is -1.94. The van der Waals surface area contributed by atoms with E-state index in [-0.39, 0.29) is 0 Å². The molecular weight excluding hydrogens is 284 g/mol. The number of aromatic nitrogens is 2. The first-order valence-electron chi connectivity index (χ1n) is 8.60. The maximum absolute atomic E-state index is 4.68. The first-order chi connectivity index (χ1) is 11.3. The van der Waals surface area contributed by atoms with Crippen molar-refractivity contribution in [3.63, 3.8) is 0 Å². The Balaban J connectivity index is 1.55. The SMILES string of the molecule is CCc1cnc(C)nc1N1CCN(CCc2ccccc2)CC1. The first-order valence-corrected chi connectivity index (χ1v) is 8.60. The van der Waals surface area contributed by atoms with Gasteiger partial charge in [-0.3, -0.25) is 4.90 Å². The fourth-order valence-electron chi connectivity index (χ4n) is 3.12. The molecule has 4 heteroatoms. The highest BCUT2D eigenvalue weighted by molar-refractivity contribution is 5.46. The number of piperazine rings is 1. The predicted molar refractivity (Wildman–Crippen MR) is 94.9 cm³/mol. The highest BCUT2D eigenvalue weighted by Crippen LogP contribution is 2.19. The van der Waals surface area contributed by atoms with Gasteiger partial charge >= 0.3 is 0 Å². The van der Waals surface area contributed by atoms with Crippen LogP contribution in [0, 0.1) is 6.92 Å². The van der Waals surface area contributed by atoms with Crippen molar-refractivity contribution in [2.24, 2.45) is 0 Å². The van der Waals surface area contributed by atoms with Gasteiger partial charge in [0.25, 0.3) is 0 Å². The van der Waals surface area contributed by atoms with Crippen molar-refractivity contribution in [2.45, 2.75) is 26.7 Å². The number of hydrogen-bond acceptors (Lipinski definition) is 4. The van der Waals surface area contributed by atoms with Crippen molar-refractivity contribution in [2.75, 3.05) is 37.6 Å². The molecule has 2 heterocycles. The Kier molecular flexibility index (Phi) is 5.23. The Morgan fingerprint density at radius 2 is 1.78 bits per heavy atom. The Labute approximate surface area is 139 Å². The molecule has 2 aromatic rings. The van der Waals surface area contributed by atoms with E-state index in [2.05, 4.69) is 57.0 Å². The molecule has 0 aliphatic carbocycles. The lowest BCUT2D eigenvalue weighted by atomic mass is 10.1. The van der Waals surface area contributed by atoms with Crippen molar-refractivity contribution in [3.05, 3.63) is 53.5 Å². The number of benzene rings is 1. The highest BCUT2D eigenvalue weighted by Gasteiger charge is 2.20. The summed E-state index contributed by atoms with van der Waals surface area (Å²) in [7, 11) is 0. The quantitative estimate of drug-likeness (QED) is 0.850. The van der Waals surface area contributed by atoms with Gasteiger partial charge in [-0.05, 0) is 25.3 Å². The molecule has 0 atom stereocenters. The first kappa shape index (κ1) is 15.9. The van der Waals surface area contributed by atoms with Crippen LogP contribution in [0.4, 0.5) is 5.82 Å². The molecule has 0 N–H and O–H groups in total. The van der Waals surface area contributed by atoms with Crippen molar-refractivity contribution >= 4 is 5.82 Å². The summed E-state index contributed by atoms with van der Waals surface area (Å²) in [6, 6.07) is 10.8. The number of hydrogen-bond donors (Lipinski definition) is 0. The van der Waals surface area contributed by atoms with Gasteiger partial charge in [-0.2, -0.15) is 0 Å². The van der Waals surface area contributed by atoms with Gasteiger partial charge < -0.3 is 4.90 Å². The lowest BCUT2D eigenvalue weighted by molar-refractivity contribution is 0.260. The summed E-state index contributed by atoms with van der Waals surface area (Å²) < 4.78 is 0. The molecule has 0 unspecified atom stereocenters. The second-order valence-electron chi connectivity index (χ2n) is 6.18. The molecule has 4 nitrogen and oxygen atoms in total. The van der Waals surface area contributed by atoms with Crippen molar-refractivity contribution in [1.82, 2.24) is 14.9 Å². The lowest BCUT2D eigenvalue weighted by Crippen LogP contribution is -2.47. The molecule has 1 aliphatic rings. The molecule has 1 aliphatic heterocycles. The zero-order valence-electron chi connectivity index (χ0n) is 14.2. The number of aryl methyl sites for hydroxylation is 2. The summed E-state index contributed by atoms with van der Waals surface area (Å²) in [5.41, 5.74) is 2.68. The van der Waals surface area contributed by atoms with Gasteiger partial charge in [-0.1, -0.05) is 37.3 Å². The summed E-state index contributed by atoms with van der Waals surface area (Å²) in [6.07, 6.45) is 4.11. The third-order valence-electron chi connectivity index (χ3n) is 4.57. The molecule has 0 radical (unpaired) electrons. The Morgan fingerprint density at radius 1 is 1.04 bits per heavy atom. The molecule has 122 valence electrons. The van der Waals surface area contributed by atoms with E-state index in [0.717, 1.165) is 57.2 Å². The van der Waals surface area contributed by atoms with E-state index in [0.29, 0.717) is 0 Å². The van der Waals surface area contributed by atoms with E-state index in [1.165, 1.54) is 11.1 Å². The Morgan fingerprint density at radius 3 is 2.48 bits per heavy atom. The van der Waals surface area contributed by atoms with E-state index in [1.54, 1.807) is 0 Å². The van der Waals surface area contributed by atoms with Gasteiger partial charge in [-0.25, -0.2) is 9.97 Å². The normalized spacial score (nSPS) is 15.8. The molecule has 0 saturated carbocycles. The number of rotatable bonds is 5. The molecule has 0 amide bonds.